The molecule has 1 heterocycles. The van der Waals surface area contributed by atoms with E-state index >= 15 is 0 Å². The molecule has 0 unspecified atom stereocenters. The highest BCUT2D eigenvalue weighted by molar-refractivity contribution is 6.33. The Bertz CT molecular complexity index is 527. The maximum Gasteiger partial charge on any atom is 0.335 e. The topological polar surface area (TPSA) is 102 Å². The van der Waals surface area contributed by atoms with E-state index in [1.165, 1.54) is 12.1 Å². The third-order valence-corrected chi connectivity index (χ3v) is 2.22. The highest BCUT2D eigenvalue weighted by Crippen LogP contribution is 2.08. The minimum Gasteiger partial charge on any atom is -0.478 e. The van der Waals surface area contributed by atoms with Gasteiger partial charge in [0, 0.05) is 5.69 Å². The molecule has 1 aromatic carbocycles. The van der Waals surface area contributed by atoms with Gasteiger partial charge in [-0.1, -0.05) is 0 Å². The van der Waals surface area contributed by atoms with E-state index in [1.54, 1.807) is 12.1 Å². The van der Waals surface area contributed by atoms with E-state index in [0.717, 1.165) is 0 Å². The number of carbonyl (C=O) groups is 1. The maximum absolute atomic E-state index is 10.3. The van der Waals surface area contributed by atoms with Gasteiger partial charge in [-0.25, -0.2) is 4.79 Å². The van der Waals surface area contributed by atoms with Crippen LogP contribution in [0.15, 0.2) is 24.3 Å². The highest BCUT2D eigenvalue weighted by Gasteiger charge is 1.99. The number of halogens is 3. The monoisotopic (exact) mass is 320 g/mol. The number of hydrogen-bond acceptors (Lipinski definition) is 5. The molecule has 3 N–H and O–H groups in total. The zero-order valence-corrected chi connectivity index (χ0v) is 11.5. The van der Waals surface area contributed by atoms with E-state index < -0.39 is 5.97 Å². The molecule has 0 fully saturated rings. The van der Waals surface area contributed by atoms with Crippen molar-refractivity contribution in [1.29, 1.82) is 0 Å². The van der Waals surface area contributed by atoms with Crippen LogP contribution in [-0.2, 0) is 0 Å². The molecule has 0 saturated heterocycles. The van der Waals surface area contributed by atoms with Crippen molar-refractivity contribution in [3.8, 4) is 0 Å². The third-order valence-electron chi connectivity index (χ3n) is 1.71. The molecular formula is C10H7Cl3N4O2. The molecule has 0 bridgehead atoms. The van der Waals surface area contributed by atoms with Crippen LogP contribution in [0.3, 0.4) is 0 Å². The Labute approximate surface area is 123 Å². The van der Waals surface area contributed by atoms with Gasteiger partial charge in [0.15, 0.2) is 0 Å². The Morgan fingerprint density at radius 3 is 1.63 bits per heavy atom. The molecule has 1 aromatic heterocycles. The lowest BCUT2D eigenvalue weighted by molar-refractivity contribution is 0.0697. The summed E-state index contributed by atoms with van der Waals surface area (Å²) in [4.78, 5) is 20.6. The van der Waals surface area contributed by atoms with E-state index in [1.807, 2.05) is 0 Å². The van der Waals surface area contributed by atoms with E-state index in [-0.39, 0.29) is 21.4 Å². The predicted octanol–water partition coefficient (Wildman–Crippen LogP) is 2.80. The fourth-order valence-corrected chi connectivity index (χ4v) is 1.54. The molecule has 9 heteroatoms. The number of anilines is 1. The number of hydrogen-bond donors (Lipinski definition) is 2. The lowest BCUT2D eigenvalue weighted by Gasteiger charge is -1.93. The average molecular weight is 322 g/mol. The van der Waals surface area contributed by atoms with Crippen LogP contribution in [-0.4, -0.2) is 26.0 Å². The normalized spacial score (nSPS) is 9.42. The molecule has 0 amide bonds. The van der Waals surface area contributed by atoms with E-state index in [0.29, 0.717) is 5.69 Å². The fourth-order valence-electron chi connectivity index (χ4n) is 0.929. The molecule has 0 spiro atoms. The number of nitrogens with two attached hydrogens (primary N) is 1. The molecule has 0 aliphatic carbocycles. The Hall–Kier alpha value is -1.63. The first kappa shape index (κ1) is 15.4. The van der Waals surface area contributed by atoms with Crippen LogP contribution in [0, 0.1) is 0 Å². The van der Waals surface area contributed by atoms with E-state index in [4.69, 9.17) is 45.6 Å². The molecule has 19 heavy (non-hydrogen) atoms. The lowest BCUT2D eigenvalue weighted by Crippen LogP contribution is -1.95. The second kappa shape index (κ2) is 7.08. The molecule has 100 valence electrons. The Morgan fingerprint density at radius 2 is 1.32 bits per heavy atom. The summed E-state index contributed by atoms with van der Waals surface area (Å²) in [5.41, 5.74) is 6.17. The number of nitrogen functional groups attached to an aromatic ring is 1. The van der Waals surface area contributed by atoms with Crippen molar-refractivity contribution in [2.75, 3.05) is 5.73 Å². The molecule has 0 aliphatic heterocycles. The van der Waals surface area contributed by atoms with Crippen molar-refractivity contribution >= 4 is 46.5 Å². The molecule has 2 aromatic rings. The maximum atomic E-state index is 10.3. The van der Waals surface area contributed by atoms with Gasteiger partial charge in [-0.2, -0.15) is 15.0 Å². The van der Waals surface area contributed by atoms with Crippen LogP contribution in [0.2, 0.25) is 15.9 Å². The summed E-state index contributed by atoms with van der Waals surface area (Å²) in [6.45, 7) is 0. The minimum atomic E-state index is -0.931. The Morgan fingerprint density at radius 1 is 0.947 bits per heavy atom. The summed E-state index contributed by atoms with van der Waals surface area (Å²) in [6, 6.07) is 6.06. The molecular weight excluding hydrogens is 314 g/mol. The standard InChI is InChI=1S/C7H7NO2.C3Cl3N3/c8-6-3-1-5(2-4-6)7(9)10;4-1-7-2(5)9-3(6)8-1/h1-4H,8H2,(H,9,10);. The summed E-state index contributed by atoms with van der Waals surface area (Å²) < 4.78 is 0. The van der Waals surface area contributed by atoms with Crippen LogP contribution in [0.1, 0.15) is 10.4 Å². The van der Waals surface area contributed by atoms with Crippen molar-refractivity contribution in [2.24, 2.45) is 0 Å². The van der Waals surface area contributed by atoms with Crippen LogP contribution >= 0.6 is 34.8 Å². The molecule has 0 saturated carbocycles. The number of aromatic nitrogens is 3. The average Bonchev–Trinajstić information content (AvgIpc) is 2.28. The lowest BCUT2D eigenvalue weighted by atomic mass is 10.2. The van der Waals surface area contributed by atoms with Gasteiger partial charge in [0.05, 0.1) is 5.56 Å². The first-order valence-electron chi connectivity index (χ1n) is 4.70. The Balaban J connectivity index is 0.000000191. The number of rotatable bonds is 1. The first-order valence-corrected chi connectivity index (χ1v) is 5.83. The van der Waals surface area contributed by atoms with Gasteiger partial charge in [0.1, 0.15) is 0 Å². The van der Waals surface area contributed by atoms with Crippen LogP contribution in [0.25, 0.3) is 0 Å². The Kier molecular flexibility index (Phi) is 5.75. The second-order valence-electron chi connectivity index (χ2n) is 3.07. The van der Waals surface area contributed by atoms with Crippen molar-refractivity contribution in [1.82, 2.24) is 15.0 Å². The quantitative estimate of drug-likeness (QED) is 0.783. The summed E-state index contributed by atoms with van der Waals surface area (Å²) in [5, 5.41) is 8.43. The number of benzene rings is 1. The molecule has 0 atom stereocenters. The van der Waals surface area contributed by atoms with E-state index in [2.05, 4.69) is 15.0 Å². The van der Waals surface area contributed by atoms with Gasteiger partial charge in [-0.15, -0.1) is 0 Å². The summed E-state index contributed by atoms with van der Waals surface area (Å²) in [6.07, 6.45) is 0. The SMILES string of the molecule is Clc1nc(Cl)nc(Cl)n1.Nc1ccc(C(=O)O)cc1. The summed E-state index contributed by atoms with van der Waals surface area (Å²) in [5.74, 6) is -0.931. The second-order valence-corrected chi connectivity index (χ2v) is 4.08. The van der Waals surface area contributed by atoms with Crippen molar-refractivity contribution < 1.29 is 9.90 Å². The van der Waals surface area contributed by atoms with Crippen LogP contribution < -0.4 is 5.73 Å². The zero-order valence-electron chi connectivity index (χ0n) is 9.22. The van der Waals surface area contributed by atoms with Gasteiger partial charge < -0.3 is 10.8 Å². The van der Waals surface area contributed by atoms with Gasteiger partial charge in [-0.3, -0.25) is 0 Å². The largest absolute Gasteiger partial charge is 0.478 e. The van der Waals surface area contributed by atoms with Crippen molar-refractivity contribution in [3.63, 3.8) is 0 Å². The van der Waals surface area contributed by atoms with Crippen molar-refractivity contribution in [3.05, 3.63) is 45.7 Å². The smallest absolute Gasteiger partial charge is 0.335 e. The van der Waals surface area contributed by atoms with Crippen LogP contribution in [0.4, 0.5) is 5.69 Å². The molecule has 0 aliphatic rings. The minimum absolute atomic E-state index is 0.000000000000000444. The summed E-state index contributed by atoms with van der Waals surface area (Å²) in [7, 11) is 0. The van der Waals surface area contributed by atoms with E-state index in [9.17, 15) is 4.79 Å². The number of nitrogens with zero attached hydrogens (tertiary/aromatic N) is 3. The van der Waals surface area contributed by atoms with Gasteiger partial charge in [0.25, 0.3) is 0 Å². The molecule has 0 radical (unpaired) electrons. The van der Waals surface area contributed by atoms with Crippen molar-refractivity contribution in [2.45, 2.75) is 0 Å². The fraction of sp³-hybridized carbons (Fsp3) is 0. The third kappa shape index (κ3) is 5.69. The number of aromatic carboxylic acids is 1. The number of carboxylic acid groups (broad SMARTS) is 1. The zero-order chi connectivity index (χ0) is 14.4. The molecule has 2 rings (SSSR count). The first-order chi connectivity index (χ1) is 8.88. The van der Waals surface area contributed by atoms with Gasteiger partial charge >= 0.3 is 5.97 Å². The van der Waals surface area contributed by atoms with Gasteiger partial charge in [-0.05, 0) is 59.1 Å². The highest BCUT2D eigenvalue weighted by atomic mass is 35.5. The number of carboxylic acids is 1. The molecule has 6 nitrogen and oxygen atoms in total. The van der Waals surface area contributed by atoms with Crippen LogP contribution in [0.5, 0.6) is 0 Å². The summed E-state index contributed by atoms with van der Waals surface area (Å²) >= 11 is 16.0. The van der Waals surface area contributed by atoms with Gasteiger partial charge in [0.2, 0.25) is 15.9 Å². The predicted molar refractivity (Wildman–Crippen MR) is 72.7 cm³/mol.